The van der Waals surface area contributed by atoms with Gasteiger partial charge in [0.15, 0.2) is 0 Å². The lowest BCUT2D eigenvalue weighted by molar-refractivity contribution is 0.411. The molecule has 0 heterocycles. The van der Waals surface area contributed by atoms with Gasteiger partial charge >= 0.3 is 0 Å². The average Bonchev–Trinajstić information content (AvgIpc) is 2.65. The second-order valence-electron chi connectivity index (χ2n) is 6.32. The van der Waals surface area contributed by atoms with Crippen molar-refractivity contribution >= 4 is 20.8 Å². The van der Waals surface area contributed by atoms with E-state index in [9.17, 15) is 8.42 Å². The first-order valence-corrected chi connectivity index (χ1v) is 10.1. The molecule has 0 aliphatic rings. The maximum absolute atomic E-state index is 12.9. The molecule has 136 valence electrons. The SMILES string of the molecule is CC[C@H](NS(=O)(=O)c1ccc2ccccc2c1)c1ccc(OC)c(C)c1. The molecule has 3 rings (SSSR count). The zero-order valence-electron chi connectivity index (χ0n) is 15.2. The van der Waals surface area contributed by atoms with Gasteiger partial charge < -0.3 is 4.74 Å². The van der Waals surface area contributed by atoms with Crippen molar-refractivity contribution in [1.82, 2.24) is 4.72 Å². The highest BCUT2D eigenvalue weighted by molar-refractivity contribution is 7.89. The molecule has 4 nitrogen and oxygen atoms in total. The minimum Gasteiger partial charge on any atom is -0.496 e. The van der Waals surface area contributed by atoms with E-state index in [0.717, 1.165) is 27.6 Å². The minimum atomic E-state index is -3.62. The van der Waals surface area contributed by atoms with Crippen LogP contribution in [0.2, 0.25) is 0 Å². The number of rotatable bonds is 6. The van der Waals surface area contributed by atoms with E-state index in [1.165, 1.54) is 0 Å². The zero-order valence-corrected chi connectivity index (χ0v) is 16.0. The molecule has 0 radical (unpaired) electrons. The van der Waals surface area contributed by atoms with Crippen LogP contribution in [-0.2, 0) is 10.0 Å². The third-order valence-electron chi connectivity index (χ3n) is 4.56. The quantitative estimate of drug-likeness (QED) is 0.691. The fourth-order valence-corrected chi connectivity index (χ4v) is 4.44. The van der Waals surface area contributed by atoms with Gasteiger partial charge in [0.2, 0.25) is 10.0 Å². The third-order valence-corrected chi connectivity index (χ3v) is 6.03. The Balaban J connectivity index is 1.91. The Morgan fingerprint density at radius 3 is 2.38 bits per heavy atom. The lowest BCUT2D eigenvalue weighted by atomic mass is 10.0. The summed E-state index contributed by atoms with van der Waals surface area (Å²) >= 11 is 0. The molecule has 0 unspecified atom stereocenters. The highest BCUT2D eigenvalue weighted by Crippen LogP contribution is 2.26. The van der Waals surface area contributed by atoms with Crippen molar-refractivity contribution in [2.45, 2.75) is 31.2 Å². The van der Waals surface area contributed by atoms with Gasteiger partial charge in [-0.3, -0.25) is 0 Å². The normalized spacial score (nSPS) is 12.9. The molecule has 0 fully saturated rings. The number of sulfonamides is 1. The Kier molecular flexibility index (Phi) is 5.30. The van der Waals surface area contributed by atoms with E-state index in [-0.39, 0.29) is 10.9 Å². The van der Waals surface area contributed by atoms with E-state index in [4.69, 9.17) is 4.74 Å². The average molecular weight is 369 g/mol. The number of methoxy groups -OCH3 is 1. The number of benzene rings is 3. The van der Waals surface area contributed by atoms with Crippen LogP contribution in [0.3, 0.4) is 0 Å². The molecular formula is C21H23NO3S. The summed E-state index contributed by atoms with van der Waals surface area (Å²) in [6.45, 7) is 3.92. The summed E-state index contributed by atoms with van der Waals surface area (Å²) in [6, 6.07) is 18.4. The van der Waals surface area contributed by atoms with Crippen LogP contribution < -0.4 is 9.46 Å². The molecule has 0 saturated heterocycles. The first kappa shape index (κ1) is 18.4. The first-order valence-electron chi connectivity index (χ1n) is 8.60. The predicted octanol–water partition coefficient (Wildman–Crippen LogP) is 4.59. The van der Waals surface area contributed by atoms with Crippen LogP contribution >= 0.6 is 0 Å². The summed E-state index contributed by atoms with van der Waals surface area (Å²) < 4.78 is 33.9. The number of hydrogen-bond donors (Lipinski definition) is 1. The van der Waals surface area contributed by atoms with Crippen LogP contribution in [0.5, 0.6) is 5.75 Å². The van der Waals surface area contributed by atoms with E-state index in [2.05, 4.69) is 4.72 Å². The van der Waals surface area contributed by atoms with Gasteiger partial charge in [-0.15, -0.1) is 0 Å². The monoisotopic (exact) mass is 369 g/mol. The van der Waals surface area contributed by atoms with Crippen LogP contribution in [0.4, 0.5) is 0 Å². The van der Waals surface area contributed by atoms with Crippen molar-refractivity contribution in [1.29, 1.82) is 0 Å². The fraction of sp³-hybridized carbons (Fsp3) is 0.238. The smallest absolute Gasteiger partial charge is 0.241 e. The summed E-state index contributed by atoms with van der Waals surface area (Å²) in [5.41, 5.74) is 1.91. The Morgan fingerprint density at radius 2 is 1.73 bits per heavy atom. The van der Waals surface area contributed by atoms with Crippen LogP contribution in [-0.4, -0.2) is 15.5 Å². The number of ether oxygens (including phenoxy) is 1. The molecule has 0 spiro atoms. The molecule has 3 aromatic rings. The Hall–Kier alpha value is -2.37. The molecule has 5 heteroatoms. The molecule has 3 aromatic carbocycles. The van der Waals surface area contributed by atoms with Gasteiger partial charge in [-0.25, -0.2) is 13.1 Å². The van der Waals surface area contributed by atoms with E-state index < -0.39 is 10.0 Å². The van der Waals surface area contributed by atoms with Crippen molar-refractivity contribution in [2.75, 3.05) is 7.11 Å². The number of nitrogens with one attached hydrogen (secondary N) is 1. The predicted molar refractivity (Wildman–Crippen MR) is 105 cm³/mol. The van der Waals surface area contributed by atoms with Gasteiger partial charge in [-0.05, 0) is 53.4 Å². The molecule has 0 bridgehead atoms. The second-order valence-corrected chi connectivity index (χ2v) is 8.03. The minimum absolute atomic E-state index is 0.278. The Morgan fingerprint density at radius 1 is 1.00 bits per heavy atom. The highest BCUT2D eigenvalue weighted by atomic mass is 32.2. The van der Waals surface area contributed by atoms with Crippen LogP contribution in [0.25, 0.3) is 10.8 Å². The van der Waals surface area contributed by atoms with Gasteiger partial charge in [0.25, 0.3) is 0 Å². The van der Waals surface area contributed by atoms with Crippen molar-refractivity contribution in [3.8, 4) is 5.75 Å². The molecule has 0 saturated carbocycles. The third kappa shape index (κ3) is 3.74. The summed E-state index contributed by atoms with van der Waals surface area (Å²) in [5.74, 6) is 0.793. The van der Waals surface area contributed by atoms with E-state index in [1.54, 1.807) is 19.2 Å². The zero-order chi connectivity index (χ0) is 18.7. The molecule has 26 heavy (non-hydrogen) atoms. The second kappa shape index (κ2) is 7.48. The molecule has 0 aromatic heterocycles. The van der Waals surface area contributed by atoms with E-state index in [1.807, 2.05) is 62.4 Å². The first-order chi connectivity index (χ1) is 12.4. The lowest BCUT2D eigenvalue weighted by Gasteiger charge is -2.19. The molecular weight excluding hydrogens is 346 g/mol. The van der Waals surface area contributed by atoms with E-state index >= 15 is 0 Å². The molecule has 0 aliphatic carbocycles. The summed E-state index contributed by atoms with van der Waals surface area (Å²) in [5, 5.41) is 1.92. The van der Waals surface area contributed by atoms with Crippen molar-refractivity contribution in [3.05, 3.63) is 71.8 Å². The fourth-order valence-electron chi connectivity index (χ4n) is 3.10. The van der Waals surface area contributed by atoms with Crippen molar-refractivity contribution in [2.24, 2.45) is 0 Å². The number of hydrogen-bond acceptors (Lipinski definition) is 3. The molecule has 0 aliphatic heterocycles. The van der Waals surface area contributed by atoms with Gasteiger partial charge in [0, 0.05) is 6.04 Å². The van der Waals surface area contributed by atoms with Gasteiger partial charge in [0.1, 0.15) is 5.75 Å². The molecule has 1 atom stereocenters. The van der Waals surface area contributed by atoms with Gasteiger partial charge in [0.05, 0.1) is 12.0 Å². The number of fused-ring (bicyclic) bond motifs is 1. The maximum Gasteiger partial charge on any atom is 0.241 e. The lowest BCUT2D eigenvalue weighted by Crippen LogP contribution is -2.28. The van der Waals surface area contributed by atoms with Crippen LogP contribution in [0.1, 0.15) is 30.5 Å². The number of aryl methyl sites for hydroxylation is 1. The van der Waals surface area contributed by atoms with Crippen LogP contribution in [0, 0.1) is 6.92 Å². The summed E-state index contributed by atoms with van der Waals surface area (Å²) in [6.07, 6.45) is 0.651. The van der Waals surface area contributed by atoms with E-state index in [0.29, 0.717) is 6.42 Å². The van der Waals surface area contributed by atoms with Gasteiger partial charge in [-0.1, -0.05) is 49.4 Å². The molecule has 0 amide bonds. The highest BCUT2D eigenvalue weighted by Gasteiger charge is 2.21. The Labute approximate surface area is 154 Å². The van der Waals surface area contributed by atoms with Crippen molar-refractivity contribution < 1.29 is 13.2 Å². The van der Waals surface area contributed by atoms with Gasteiger partial charge in [-0.2, -0.15) is 0 Å². The summed E-state index contributed by atoms with van der Waals surface area (Å²) in [7, 11) is -1.99. The standard InChI is InChI=1S/C21H23NO3S/c1-4-20(18-10-12-21(25-3)15(2)13-18)22-26(23,24)19-11-9-16-7-5-6-8-17(16)14-19/h5-14,20,22H,4H2,1-3H3/t20-/m0/s1. The molecule has 1 N–H and O–H groups in total. The largest absolute Gasteiger partial charge is 0.496 e. The van der Waals surface area contributed by atoms with Crippen molar-refractivity contribution in [3.63, 3.8) is 0 Å². The topological polar surface area (TPSA) is 55.4 Å². The Bertz CT molecular complexity index is 1030. The summed E-state index contributed by atoms with van der Waals surface area (Å²) in [4.78, 5) is 0.278. The maximum atomic E-state index is 12.9. The van der Waals surface area contributed by atoms with Crippen LogP contribution in [0.15, 0.2) is 65.6 Å².